The summed E-state index contributed by atoms with van der Waals surface area (Å²) in [6, 6.07) is 0.604. The molecule has 0 radical (unpaired) electrons. The number of aromatic nitrogens is 2. The zero-order valence-electron chi connectivity index (χ0n) is 9.67. The summed E-state index contributed by atoms with van der Waals surface area (Å²) >= 11 is 0. The standard InChI is InChI=1S/C11H17N3O2S/c15-17(16)6-3-9(8-17)7-13-11-12-4-5-14(11)10-1-2-10/h4-5,9-10H,1-3,6-8H2,(H,12,13). The van der Waals surface area contributed by atoms with Crippen LogP contribution in [0.4, 0.5) is 5.95 Å². The third kappa shape index (κ3) is 2.46. The Kier molecular flexibility index (Phi) is 2.61. The number of nitrogens with one attached hydrogen (secondary N) is 1. The van der Waals surface area contributed by atoms with Crippen LogP contribution in [0.1, 0.15) is 25.3 Å². The summed E-state index contributed by atoms with van der Waals surface area (Å²) in [5, 5.41) is 3.28. The van der Waals surface area contributed by atoms with Crippen LogP contribution in [-0.4, -0.2) is 36.0 Å². The van der Waals surface area contributed by atoms with Gasteiger partial charge < -0.3 is 9.88 Å². The van der Waals surface area contributed by atoms with Crippen molar-refractivity contribution in [2.75, 3.05) is 23.4 Å². The Hall–Kier alpha value is -1.04. The number of hydrogen-bond acceptors (Lipinski definition) is 4. The van der Waals surface area contributed by atoms with Crippen molar-refractivity contribution in [2.45, 2.75) is 25.3 Å². The summed E-state index contributed by atoms with van der Waals surface area (Å²) in [4.78, 5) is 4.28. The summed E-state index contributed by atoms with van der Waals surface area (Å²) in [6.07, 6.45) is 7.02. The first-order valence-corrected chi connectivity index (χ1v) is 7.93. The fraction of sp³-hybridized carbons (Fsp3) is 0.727. The topological polar surface area (TPSA) is 64.0 Å². The molecular weight excluding hydrogens is 238 g/mol. The Morgan fingerprint density at radius 3 is 2.88 bits per heavy atom. The molecule has 0 bridgehead atoms. The number of nitrogens with zero attached hydrogens (tertiary/aromatic N) is 2. The summed E-state index contributed by atoms with van der Waals surface area (Å²) in [5.74, 6) is 1.79. The van der Waals surface area contributed by atoms with Crippen LogP contribution in [0.15, 0.2) is 12.4 Å². The monoisotopic (exact) mass is 255 g/mol. The molecule has 1 N–H and O–H groups in total. The molecule has 2 heterocycles. The second-order valence-electron chi connectivity index (χ2n) is 5.04. The lowest BCUT2D eigenvalue weighted by atomic mass is 10.1. The minimum atomic E-state index is -2.77. The third-order valence-corrected chi connectivity index (χ3v) is 5.32. The minimum Gasteiger partial charge on any atom is -0.355 e. The predicted molar refractivity (Wildman–Crippen MR) is 65.7 cm³/mol. The van der Waals surface area contributed by atoms with Crippen LogP contribution in [0, 0.1) is 5.92 Å². The Bertz CT molecular complexity index is 505. The van der Waals surface area contributed by atoms with Gasteiger partial charge in [0.15, 0.2) is 9.84 Å². The molecule has 5 nitrogen and oxygen atoms in total. The van der Waals surface area contributed by atoms with E-state index in [0.29, 0.717) is 24.1 Å². The van der Waals surface area contributed by atoms with Crippen LogP contribution in [0.2, 0.25) is 0 Å². The van der Waals surface area contributed by atoms with Gasteiger partial charge in [-0.3, -0.25) is 0 Å². The molecule has 1 aliphatic heterocycles. The van der Waals surface area contributed by atoms with Crippen LogP contribution in [0.3, 0.4) is 0 Å². The Morgan fingerprint density at radius 2 is 2.24 bits per heavy atom. The van der Waals surface area contributed by atoms with E-state index in [0.717, 1.165) is 12.4 Å². The third-order valence-electron chi connectivity index (χ3n) is 3.48. The molecule has 6 heteroatoms. The first-order chi connectivity index (χ1) is 8.14. The van der Waals surface area contributed by atoms with Crippen LogP contribution in [0.5, 0.6) is 0 Å². The molecule has 1 aromatic rings. The van der Waals surface area contributed by atoms with Gasteiger partial charge in [0.05, 0.1) is 11.5 Å². The molecule has 0 aromatic carbocycles. The van der Waals surface area contributed by atoms with Gasteiger partial charge in [0.25, 0.3) is 0 Å². The SMILES string of the molecule is O=S1(=O)CCC(CNc2nccn2C2CC2)C1. The van der Waals surface area contributed by atoms with Crippen molar-refractivity contribution in [2.24, 2.45) is 5.92 Å². The molecule has 2 aliphatic rings. The fourth-order valence-corrected chi connectivity index (χ4v) is 4.23. The molecule has 3 rings (SSSR count). The lowest BCUT2D eigenvalue weighted by molar-refractivity contribution is 0.594. The lowest BCUT2D eigenvalue weighted by Crippen LogP contribution is -2.17. The Morgan fingerprint density at radius 1 is 1.41 bits per heavy atom. The smallest absolute Gasteiger partial charge is 0.203 e. The van der Waals surface area contributed by atoms with Crippen molar-refractivity contribution in [1.29, 1.82) is 0 Å². The molecule has 94 valence electrons. The molecular formula is C11H17N3O2S. The van der Waals surface area contributed by atoms with Crippen LogP contribution < -0.4 is 5.32 Å². The van der Waals surface area contributed by atoms with Gasteiger partial charge in [0.1, 0.15) is 0 Å². The number of rotatable bonds is 4. The van der Waals surface area contributed by atoms with Crippen molar-refractivity contribution in [1.82, 2.24) is 9.55 Å². The van der Waals surface area contributed by atoms with E-state index in [1.165, 1.54) is 12.8 Å². The molecule has 2 fully saturated rings. The summed E-state index contributed by atoms with van der Waals surface area (Å²) < 4.78 is 24.8. The van der Waals surface area contributed by atoms with Gasteiger partial charge in [-0.25, -0.2) is 13.4 Å². The average Bonchev–Trinajstić information content (AvgIpc) is 2.91. The highest BCUT2D eigenvalue weighted by Gasteiger charge is 2.29. The van der Waals surface area contributed by atoms with Crippen molar-refractivity contribution in [3.8, 4) is 0 Å². The molecule has 1 saturated heterocycles. The molecule has 1 unspecified atom stereocenters. The first-order valence-electron chi connectivity index (χ1n) is 6.11. The molecule has 1 aromatic heterocycles. The highest BCUT2D eigenvalue weighted by Crippen LogP contribution is 2.36. The molecule has 1 atom stereocenters. The van der Waals surface area contributed by atoms with Gasteiger partial charge in [-0.05, 0) is 25.2 Å². The normalized spacial score (nSPS) is 27.2. The van der Waals surface area contributed by atoms with E-state index in [1.54, 1.807) is 6.20 Å². The van der Waals surface area contributed by atoms with Gasteiger partial charge >= 0.3 is 0 Å². The van der Waals surface area contributed by atoms with Crippen molar-refractivity contribution in [3.63, 3.8) is 0 Å². The number of anilines is 1. The van der Waals surface area contributed by atoms with E-state index < -0.39 is 9.84 Å². The average molecular weight is 255 g/mol. The van der Waals surface area contributed by atoms with Gasteiger partial charge in [-0.2, -0.15) is 0 Å². The summed E-state index contributed by atoms with van der Waals surface area (Å²) in [7, 11) is -2.77. The quantitative estimate of drug-likeness (QED) is 0.874. The number of hydrogen-bond donors (Lipinski definition) is 1. The maximum atomic E-state index is 11.3. The maximum Gasteiger partial charge on any atom is 0.203 e. The molecule has 0 spiro atoms. The lowest BCUT2D eigenvalue weighted by Gasteiger charge is -2.11. The van der Waals surface area contributed by atoms with E-state index in [9.17, 15) is 8.42 Å². The number of sulfone groups is 1. The van der Waals surface area contributed by atoms with Gasteiger partial charge in [0.2, 0.25) is 5.95 Å². The minimum absolute atomic E-state index is 0.240. The van der Waals surface area contributed by atoms with Crippen molar-refractivity contribution < 1.29 is 8.42 Å². The van der Waals surface area contributed by atoms with Crippen LogP contribution in [-0.2, 0) is 9.84 Å². The van der Waals surface area contributed by atoms with E-state index in [2.05, 4.69) is 14.9 Å². The fourth-order valence-electron chi connectivity index (χ4n) is 2.37. The van der Waals surface area contributed by atoms with E-state index in [1.807, 2.05) is 6.20 Å². The summed E-state index contributed by atoms with van der Waals surface area (Å²) in [5.41, 5.74) is 0. The van der Waals surface area contributed by atoms with Gasteiger partial charge in [-0.15, -0.1) is 0 Å². The highest BCUT2D eigenvalue weighted by molar-refractivity contribution is 7.91. The van der Waals surface area contributed by atoms with E-state index in [4.69, 9.17) is 0 Å². The molecule has 1 aliphatic carbocycles. The second kappa shape index (κ2) is 4.01. The first kappa shape index (κ1) is 11.1. The molecule has 0 amide bonds. The Labute approximate surface area is 101 Å². The van der Waals surface area contributed by atoms with Crippen LogP contribution in [0.25, 0.3) is 0 Å². The highest BCUT2D eigenvalue weighted by atomic mass is 32.2. The zero-order valence-corrected chi connectivity index (χ0v) is 10.5. The molecule has 17 heavy (non-hydrogen) atoms. The van der Waals surface area contributed by atoms with Gasteiger partial charge in [0, 0.05) is 25.0 Å². The van der Waals surface area contributed by atoms with Gasteiger partial charge in [-0.1, -0.05) is 0 Å². The maximum absolute atomic E-state index is 11.3. The Balaban J connectivity index is 1.59. The largest absolute Gasteiger partial charge is 0.355 e. The van der Waals surface area contributed by atoms with Crippen LogP contribution >= 0.6 is 0 Å². The van der Waals surface area contributed by atoms with E-state index >= 15 is 0 Å². The van der Waals surface area contributed by atoms with Crippen molar-refractivity contribution >= 4 is 15.8 Å². The number of imidazole rings is 1. The van der Waals surface area contributed by atoms with Crippen molar-refractivity contribution in [3.05, 3.63) is 12.4 Å². The molecule has 1 saturated carbocycles. The van der Waals surface area contributed by atoms with E-state index in [-0.39, 0.29) is 5.92 Å². The second-order valence-corrected chi connectivity index (χ2v) is 7.27. The predicted octanol–water partition coefficient (Wildman–Crippen LogP) is 1.06. The zero-order chi connectivity index (χ0) is 11.9. The summed E-state index contributed by atoms with van der Waals surface area (Å²) in [6.45, 7) is 0.711.